The van der Waals surface area contributed by atoms with Crippen molar-refractivity contribution in [3.8, 4) is 0 Å². The molecule has 15 heteroatoms. The molecule has 0 fully saturated rings. The van der Waals surface area contributed by atoms with Crippen LogP contribution in [-0.2, 0) is 19.6 Å². The summed E-state index contributed by atoms with van der Waals surface area (Å²) in [6.07, 6.45) is -0.604. The highest BCUT2D eigenvalue weighted by Gasteiger charge is 2.38. The minimum absolute atomic E-state index is 0.0382. The zero-order valence-electron chi connectivity index (χ0n) is 24.1. The first-order chi connectivity index (χ1) is 21.0. The second kappa shape index (κ2) is 14.1. The number of nitrogens with one attached hydrogen (secondary N) is 2. The summed E-state index contributed by atoms with van der Waals surface area (Å²) in [5.41, 5.74) is 0.561. The molecule has 0 saturated heterocycles. The van der Waals surface area contributed by atoms with Crippen molar-refractivity contribution in [3.05, 3.63) is 109 Å². The van der Waals surface area contributed by atoms with Gasteiger partial charge in [-0.25, -0.2) is 13.2 Å². The molecule has 45 heavy (non-hydrogen) atoms. The van der Waals surface area contributed by atoms with Crippen molar-refractivity contribution < 1.29 is 45.5 Å². The second-order valence-electron chi connectivity index (χ2n) is 10.3. The SMILES string of the molecule is CC(C)(C)NC(=O)C(c1cccnc1)N(C(=O)c1ccco1)c1ccc(NS(=O)(=O)c2ccccc2)cc1.O=C(O)C(F)(F)F. The summed E-state index contributed by atoms with van der Waals surface area (Å²) in [7, 11) is -3.81. The molecule has 0 radical (unpaired) electrons. The van der Waals surface area contributed by atoms with Gasteiger partial charge in [-0.3, -0.25) is 24.2 Å². The first-order valence-corrected chi connectivity index (χ1v) is 14.5. The number of amides is 2. The molecule has 4 aromatic rings. The molecule has 3 N–H and O–H groups in total. The van der Waals surface area contributed by atoms with E-state index in [0.717, 1.165) is 0 Å². The molecule has 0 spiro atoms. The molecule has 2 amide bonds. The maximum absolute atomic E-state index is 13.7. The number of rotatable bonds is 8. The fourth-order valence-corrected chi connectivity index (χ4v) is 4.88. The third kappa shape index (κ3) is 9.66. The van der Waals surface area contributed by atoms with E-state index in [4.69, 9.17) is 14.3 Å². The van der Waals surface area contributed by atoms with Gasteiger partial charge in [0.2, 0.25) is 5.91 Å². The van der Waals surface area contributed by atoms with Gasteiger partial charge in [-0.1, -0.05) is 24.3 Å². The zero-order valence-corrected chi connectivity index (χ0v) is 25.0. The number of nitrogens with zero attached hydrogens (tertiary/aromatic N) is 2. The Kier molecular flexibility index (Phi) is 10.7. The van der Waals surface area contributed by atoms with Crippen molar-refractivity contribution in [2.24, 2.45) is 0 Å². The number of hydrogen-bond donors (Lipinski definition) is 3. The van der Waals surface area contributed by atoms with E-state index in [-0.39, 0.29) is 10.7 Å². The third-order valence-corrected chi connectivity index (χ3v) is 7.05. The molecular weight excluding hydrogens is 617 g/mol. The highest BCUT2D eigenvalue weighted by Crippen LogP contribution is 2.31. The summed E-state index contributed by atoms with van der Waals surface area (Å²) in [5.74, 6) is -3.69. The number of carbonyl (C=O) groups is 3. The monoisotopic (exact) mass is 646 g/mol. The maximum Gasteiger partial charge on any atom is 0.490 e. The van der Waals surface area contributed by atoms with Gasteiger partial charge in [0.1, 0.15) is 6.04 Å². The number of hydrogen-bond acceptors (Lipinski definition) is 7. The van der Waals surface area contributed by atoms with Crippen LogP contribution in [0.3, 0.4) is 0 Å². The van der Waals surface area contributed by atoms with Crippen LogP contribution in [0.5, 0.6) is 0 Å². The molecule has 0 aliphatic heterocycles. The van der Waals surface area contributed by atoms with Gasteiger partial charge in [0.15, 0.2) is 5.76 Å². The molecule has 2 aromatic heterocycles. The van der Waals surface area contributed by atoms with Gasteiger partial charge in [-0.2, -0.15) is 13.2 Å². The Balaban J connectivity index is 0.000000707. The lowest BCUT2D eigenvalue weighted by molar-refractivity contribution is -0.192. The Hall–Kier alpha value is -5.18. The predicted octanol–water partition coefficient (Wildman–Crippen LogP) is 5.41. The van der Waals surface area contributed by atoms with Crippen LogP contribution in [0.1, 0.15) is 42.9 Å². The third-order valence-electron chi connectivity index (χ3n) is 5.65. The number of aliphatic carboxylic acids is 1. The molecule has 238 valence electrons. The Morgan fingerprint density at radius 3 is 2.02 bits per heavy atom. The molecule has 2 aromatic carbocycles. The molecule has 1 unspecified atom stereocenters. The standard InChI is InChI=1S/C28H28N4O5S.C2HF3O2/c1-28(2,3)30-26(33)25(20-9-7-17-29-19-20)32(27(34)24-12-8-18-37-24)22-15-13-21(14-16-22)31-38(35,36)23-10-5-4-6-11-23;3-2(4,5)1(6)7/h4-19,25,31H,1-3H3,(H,30,33);(H,6,7). The number of carbonyl (C=O) groups excluding carboxylic acids is 2. The Bertz CT molecular complexity index is 1690. The number of alkyl halides is 3. The lowest BCUT2D eigenvalue weighted by Gasteiger charge is -2.33. The fraction of sp³-hybridized carbons (Fsp3) is 0.200. The average Bonchev–Trinajstić information content (AvgIpc) is 3.51. The van der Waals surface area contributed by atoms with Crippen molar-refractivity contribution in [2.75, 3.05) is 9.62 Å². The first kappa shape index (κ1) is 34.3. The van der Waals surface area contributed by atoms with Gasteiger partial charge in [-0.05, 0) is 75.4 Å². The summed E-state index contributed by atoms with van der Waals surface area (Å²) >= 11 is 0. The van der Waals surface area contributed by atoms with Gasteiger partial charge in [0.05, 0.1) is 11.2 Å². The highest BCUT2D eigenvalue weighted by molar-refractivity contribution is 7.92. The summed E-state index contributed by atoms with van der Waals surface area (Å²) in [5, 5.41) is 10.1. The molecular formula is C30H29F3N4O7S. The van der Waals surface area contributed by atoms with Crippen molar-refractivity contribution in [2.45, 2.75) is 43.4 Å². The lowest BCUT2D eigenvalue weighted by atomic mass is 10.0. The quantitative estimate of drug-likeness (QED) is 0.229. The van der Waals surface area contributed by atoms with Crippen LogP contribution in [0.4, 0.5) is 24.5 Å². The average molecular weight is 647 g/mol. The van der Waals surface area contributed by atoms with Crippen LogP contribution in [-0.4, -0.2) is 48.0 Å². The summed E-state index contributed by atoms with van der Waals surface area (Å²) < 4.78 is 65.1. The van der Waals surface area contributed by atoms with Crippen molar-refractivity contribution >= 4 is 39.2 Å². The van der Waals surface area contributed by atoms with Crippen LogP contribution in [0.25, 0.3) is 0 Å². The van der Waals surface area contributed by atoms with E-state index >= 15 is 0 Å². The molecule has 1 atom stereocenters. The van der Waals surface area contributed by atoms with Crippen LogP contribution >= 0.6 is 0 Å². The molecule has 0 aliphatic rings. The number of sulfonamides is 1. The van der Waals surface area contributed by atoms with Gasteiger partial charge in [0.25, 0.3) is 15.9 Å². The van der Waals surface area contributed by atoms with Crippen LogP contribution < -0.4 is 14.9 Å². The fourth-order valence-electron chi connectivity index (χ4n) is 3.80. The smallest absolute Gasteiger partial charge is 0.475 e. The summed E-state index contributed by atoms with van der Waals surface area (Å²) in [6, 6.07) is 19.6. The number of halogens is 3. The molecule has 0 bridgehead atoms. The number of aromatic nitrogens is 1. The number of furan rings is 1. The number of pyridine rings is 1. The van der Waals surface area contributed by atoms with E-state index in [0.29, 0.717) is 16.9 Å². The van der Waals surface area contributed by atoms with Crippen molar-refractivity contribution in [1.29, 1.82) is 0 Å². The summed E-state index contributed by atoms with van der Waals surface area (Å²) in [6.45, 7) is 5.53. The van der Waals surface area contributed by atoms with E-state index in [1.165, 1.54) is 47.7 Å². The second-order valence-corrected chi connectivity index (χ2v) is 12.0. The Morgan fingerprint density at radius 2 is 1.53 bits per heavy atom. The normalized spacial score (nSPS) is 12.2. The van der Waals surface area contributed by atoms with E-state index in [1.807, 2.05) is 20.8 Å². The van der Waals surface area contributed by atoms with Crippen LogP contribution in [0.2, 0.25) is 0 Å². The molecule has 4 rings (SSSR count). The lowest BCUT2D eigenvalue weighted by Crippen LogP contribution is -2.49. The number of benzene rings is 2. The topological polar surface area (TPSA) is 159 Å². The van der Waals surface area contributed by atoms with E-state index in [1.54, 1.807) is 54.7 Å². The first-order valence-electron chi connectivity index (χ1n) is 13.1. The van der Waals surface area contributed by atoms with E-state index < -0.39 is 45.6 Å². The van der Waals surface area contributed by atoms with Crippen LogP contribution in [0.15, 0.2) is 107 Å². The summed E-state index contributed by atoms with van der Waals surface area (Å²) in [4.78, 5) is 41.8. The van der Waals surface area contributed by atoms with Gasteiger partial charge < -0.3 is 14.8 Å². The van der Waals surface area contributed by atoms with Crippen LogP contribution in [0, 0.1) is 0 Å². The molecule has 2 heterocycles. The van der Waals surface area contributed by atoms with Gasteiger partial charge in [0, 0.05) is 34.9 Å². The Labute approximate surface area is 256 Å². The number of carboxylic acid groups (broad SMARTS) is 1. The number of carboxylic acids is 1. The largest absolute Gasteiger partial charge is 0.490 e. The van der Waals surface area contributed by atoms with E-state index in [9.17, 15) is 31.2 Å². The van der Waals surface area contributed by atoms with Crippen molar-refractivity contribution in [3.63, 3.8) is 0 Å². The zero-order chi connectivity index (χ0) is 33.4. The van der Waals surface area contributed by atoms with Crippen molar-refractivity contribution in [1.82, 2.24) is 10.3 Å². The minimum atomic E-state index is -5.08. The Morgan fingerprint density at radius 1 is 0.911 bits per heavy atom. The molecule has 11 nitrogen and oxygen atoms in total. The number of anilines is 2. The molecule has 0 saturated carbocycles. The maximum atomic E-state index is 13.7. The van der Waals surface area contributed by atoms with Gasteiger partial charge >= 0.3 is 12.1 Å². The van der Waals surface area contributed by atoms with Gasteiger partial charge in [-0.15, -0.1) is 0 Å². The predicted molar refractivity (Wildman–Crippen MR) is 158 cm³/mol. The highest BCUT2D eigenvalue weighted by atomic mass is 32.2. The van der Waals surface area contributed by atoms with E-state index in [2.05, 4.69) is 15.0 Å². The minimum Gasteiger partial charge on any atom is -0.475 e. The molecule has 0 aliphatic carbocycles.